The molecule has 0 aromatic carbocycles. The van der Waals surface area contributed by atoms with Gasteiger partial charge in [0.15, 0.2) is 0 Å². The second kappa shape index (κ2) is 8.70. The van der Waals surface area contributed by atoms with Gasteiger partial charge in [0.25, 0.3) is 11.8 Å². The molecule has 0 fully saturated rings. The second-order valence-corrected chi connectivity index (χ2v) is 4.89. The van der Waals surface area contributed by atoms with Crippen LogP contribution >= 0.6 is 0 Å². The lowest BCUT2D eigenvalue weighted by atomic mass is 10.0. The van der Waals surface area contributed by atoms with E-state index in [9.17, 15) is 9.59 Å². The molecule has 0 radical (unpaired) electrons. The first-order valence-corrected chi connectivity index (χ1v) is 7.56. The van der Waals surface area contributed by atoms with Crippen molar-refractivity contribution in [1.82, 2.24) is 20.6 Å². The van der Waals surface area contributed by atoms with Gasteiger partial charge < -0.3 is 22.1 Å². The fourth-order valence-electron chi connectivity index (χ4n) is 2.12. The molecule has 0 saturated heterocycles. The SMILES string of the molecule is NCCNC(=O)c1cccnc1-c1ncccc1C(=O)NCCN. The third kappa shape index (κ3) is 4.12. The maximum absolute atomic E-state index is 12.3. The monoisotopic (exact) mass is 328 g/mol. The number of nitrogens with zero attached hydrogens (tertiary/aromatic N) is 2. The van der Waals surface area contributed by atoms with Crippen molar-refractivity contribution in [2.45, 2.75) is 0 Å². The first kappa shape index (κ1) is 17.5. The van der Waals surface area contributed by atoms with Crippen LogP contribution in [0.2, 0.25) is 0 Å². The van der Waals surface area contributed by atoms with Crippen molar-refractivity contribution in [1.29, 1.82) is 0 Å². The molecule has 2 rings (SSSR count). The second-order valence-electron chi connectivity index (χ2n) is 4.89. The Kier molecular flexibility index (Phi) is 6.35. The third-order valence-corrected chi connectivity index (χ3v) is 3.19. The molecule has 0 spiro atoms. The molecule has 2 amide bonds. The molecule has 0 bridgehead atoms. The Balaban J connectivity index is 2.42. The molecule has 8 nitrogen and oxygen atoms in total. The maximum Gasteiger partial charge on any atom is 0.253 e. The van der Waals surface area contributed by atoms with Crippen molar-refractivity contribution in [2.75, 3.05) is 26.2 Å². The van der Waals surface area contributed by atoms with Gasteiger partial charge in [0.1, 0.15) is 11.4 Å². The number of nitrogens with one attached hydrogen (secondary N) is 2. The van der Waals surface area contributed by atoms with Crippen LogP contribution in [0.1, 0.15) is 20.7 Å². The van der Waals surface area contributed by atoms with Crippen LogP contribution in [-0.2, 0) is 0 Å². The lowest BCUT2D eigenvalue weighted by Gasteiger charge is -2.12. The van der Waals surface area contributed by atoms with Gasteiger partial charge in [0, 0.05) is 38.6 Å². The Morgan fingerprint density at radius 1 is 0.833 bits per heavy atom. The summed E-state index contributed by atoms with van der Waals surface area (Å²) in [5, 5.41) is 5.39. The number of carbonyl (C=O) groups is 2. The quantitative estimate of drug-likeness (QED) is 0.542. The van der Waals surface area contributed by atoms with E-state index in [1.54, 1.807) is 36.7 Å². The summed E-state index contributed by atoms with van der Waals surface area (Å²) >= 11 is 0. The number of hydrogen-bond donors (Lipinski definition) is 4. The molecule has 2 aromatic rings. The van der Waals surface area contributed by atoms with Crippen LogP contribution in [0.3, 0.4) is 0 Å². The maximum atomic E-state index is 12.3. The summed E-state index contributed by atoms with van der Waals surface area (Å²) in [5.41, 5.74) is 12.2. The molecule has 0 unspecified atom stereocenters. The number of pyridine rings is 2. The Morgan fingerprint density at radius 3 is 1.62 bits per heavy atom. The normalized spacial score (nSPS) is 10.2. The van der Waals surface area contributed by atoms with Crippen LogP contribution in [0, 0.1) is 0 Å². The Bertz CT molecular complexity index is 658. The van der Waals surface area contributed by atoms with Crippen LogP contribution in [0.4, 0.5) is 0 Å². The van der Waals surface area contributed by atoms with Gasteiger partial charge in [-0.2, -0.15) is 0 Å². The van der Waals surface area contributed by atoms with E-state index >= 15 is 0 Å². The number of aromatic nitrogens is 2. The molecule has 6 N–H and O–H groups in total. The summed E-state index contributed by atoms with van der Waals surface area (Å²) in [4.78, 5) is 33.1. The molecule has 2 heterocycles. The van der Waals surface area contributed by atoms with Gasteiger partial charge in [-0.25, -0.2) is 0 Å². The summed E-state index contributed by atoms with van der Waals surface area (Å²) < 4.78 is 0. The summed E-state index contributed by atoms with van der Waals surface area (Å²) in [5.74, 6) is -0.634. The third-order valence-electron chi connectivity index (χ3n) is 3.19. The number of rotatable bonds is 7. The van der Waals surface area contributed by atoms with E-state index in [1.807, 2.05) is 0 Å². The molecule has 0 aliphatic heterocycles. The van der Waals surface area contributed by atoms with Gasteiger partial charge in [-0.1, -0.05) is 0 Å². The molecule has 126 valence electrons. The zero-order valence-corrected chi connectivity index (χ0v) is 13.2. The minimum atomic E-state index is -0.317. The van der Waals surface area contributed by atoms with Crippen molar-refractivity contribution < 1.29 is 9.59 Å². The van der Waals surface area contributed by atoms with E-state index in [0.717, 1.165) is 0 Å². The van der Waals surface area contributed by atoms with Gasteiger partial charge in [0.2, 0.25) is 0 Å². The van der Waals surface area contributed by atoms with E-state index < -0.39 is 0 Å². The highest BCUT2D eigenvalue weighted by Gasteiger charge is 2.20. The van der Waals surface area contributed by atoms with Crippen LogP contribution in [0.15, 0.2) is 36.7 Å². The summed E-state index contributed by atoms with van der Waals surface area (Å²) in [6, 6.07) is 6.56. The van der Waals surface area contributed by atoms with Crippen LogP contribution < -0.4 is 22.1 Å². The average molecular weight is 328 g/mol. The highest BCUT2D eigenvalue weighted by Crippen LogP contribution is 2.22. The Labute approximate surface area is 139 Å². The van der Waals surface area contributed by atoms with Crippen molar-refractivity contribution in [2.24, 2.45) is 11.5 Å². The molecule has 2 aromatic heterocycles. The van der Waals surface area contributed by atoms with Gasteiger partial charge in [-0.3, -0.25) is 19.6 Å². The average Bonchev–Trinajstić information content (AvgIpc) is 2.64. The smallest absolute Gasteiger partial charge is 0.253 e. The van der Waals surface area contributed by atoms with Gasteiger partial charge >= 0.3 is 0 Å². The van der Waals surface area contributed by atoms with Crippen LogP contribution in [0.25, 0.3) is 11.4 Å². The first-order valence-electron chi connectivity index (χ1n) is 7.56. The fraction of sp³-hybridized carbons (Fsp3) is 0.250. The zero-order valence-electron chi connectivity index (χ0n) is 13.2. The molecule has 0 aliphatic rings. The predicted molar refractivity (Wildman–Crippen MR) is 90.2 cm³/mol. The summed E-state index contributed by atoms with van der Waals surface area (Å²) in [6.07, 6.45) is 3.09. The van der Waals surface area contributed by atoms with Crippen LogP contribution in [-0.4, -0.2) is 48.0 Å². The number of carbonyl (C=O) groups excluding carboxylic acids is 2. The molecular weight excluding hydrogens is 308 g/mol. The summed E-state index contributed by atoms with van der Waals surface area (Å²) in [7, 11) is 0. The van der Waals surface area contributed by atoms with E-state index in [2.05, 4.69) is 20.6 Å². The van der Waals surface area contributed by atoms with E-state index in [0.29, 0.717) is 48.7 Å². The van der Waals surface area contributed by atoms with Crippen molar-refractivity contribution in [3.63, 3.8) is 0 Å². The molecule has 0 atom stereocenters. The standard InChI is InChI=1S/C16H20N6O2/c17-5-9-21-15(23)11-3-1-7-19-13(11)14-12(4-2-8-20-14)16(24)22-10-6-18/h1-4,7-8H,5-6,9-10,17-18H2,(H,21,23)(H,22,24). The minimum Gasteiger partial charge on any atom is -0.351 e. The molecule has 24 heavy (non-hydrogen) atoms. The lowest BCUT2D eigenvalue weighted by molar-refractivity contribution is 0.0944. The number of amides is 2. The first-order chi connectivity index (χ1) is 11.7. The number of hydrogen-bond acceptors (Lipinski definition) is 6. The minimum absolute atomic E-state index is 0.317. The molecule has 8 heteroatoms. The highest BCUT2D eigenvalue weighted by molar-refractivity contribution is 6.04. The Morgan fingerprint density at radius 2 is 1.25 bits per heavy atom. The van der Waals surface area contributed by atoms with Crippen molar-refractivity contribution >= 4 is 11.8 Å². The Hall–Kier alpha value is -2.84. The lowest BCUT2D eigenvalue weighted by Crippen LogP contribution is -2.30. The van der Waals surface area contributed by atoms with Gasteiger partial charge in [-0.05, 0) is 24.3 Å². The van der Waals surface area contributed by atoms with Gasteiger partial charge in [-0.15, -0.1) is 0 Å². The molecule has 0 aliphatic carbocycles. The molecule has 0 saturated carbocycles. The molecular formula is C16H20N6O2. The van der Waals surface area contributed by atoms with E-state index in [4.69, 9.17) is 11.5 Å². The number of nitrogens with two attached hydrogens (primary N) is 2. The largest absolute Gasteiger partial charge is 0.351 e. The van der Waals surface area contributed by atoms with Crippen molar-refractivity contribution in [3.8, 4) is 11.4 Å². The zero-order chi connectivity index (χ0) is 17.4. The fourth-order valence-corrected chi connectivity index (χ4v) is 2.12. The highest BCUT2D eigenvalue weighted by atomic mass is 16.2. The van der Waals surface area contributed by atoms with Crippen molar-refractivity contribution in [3.05, 3.63) is 47.8 Å². The topological polar surface area (TPSA) is 136 Å². The summed E-state index contributed by atoms with van der Waals surface area (Å²) in [6.45, 7) is 1.35. The van der Waals surface area contributed by atoms with Crippen LogP contribution in [0.5, 0.6) is 0 Å². The van der Waals surface area contributed by atoms with E-state index in [1.165, 1.54) is 0 Å². The van der Waals surface area contributed by atoms with Gasteiger partial charge in [0.05, 0.1) is 11.1 Å². The van der Waals surface area contributed by atoms with E-state index in [-0.39, 0.29) is 11.8 Å². The predicted octanol–water partition coefficient (Wildman–Crippen LogP) is -0.479.